The van der Waals surface area contributed by atoms with Crippen LogP contribution in [0.25, 0.3) is 5.69 Å². The minimum atomic E-state index is -0.240. The number of rotatable bonds is 4. The number of aromatic amines is 1. The van der Waals surface area contributed by atoms with Gasteiger partial charge in [0.1, 0.15) is 12.2 Å². The van der Waals surface area contributed by atoms with Crippen molar-refractivity contribution in [2.45, 2.75) is 39.3 Å². The van der Waals surface area contributed by atoms with Gasteiger partial charge in [0.25, 0.3) is 0 Å². The Balaban J connectivity index is 1.55. The molecule has 2 N–H and O–H groups in total. The summed E-state index contributed by atoms with van der Waals surface area (Å²) in [5.41, 5.74) is 4.24. The number of methoxy groups -OCH3 is 1. The Kier molecular flexibility index (Phi) is 5.06. The van der Waals surface area contributed by atoms with Crippen LogP contribution in [0.1, 0.15) is 35.1 Å². The van der Waals surface area contributed by atoms with E-state index < -0.39 is 0 Å². The quantitative estimate of drug-likeness (QED) is 0.707. The maximum Gasteiger partial charge on any atom is 0.323 e. The van der Waals surface area contributed by atoms with Crippen LogP contribution < -0.4 is 5.32 Å². The fourth-order valence-corrected chi connectivity index (χ4v) is 3.88. The summed E-state index contributed by atoms with van der Waals surface area (Å²) < 4.78 is 7.31. The number of benzene rings is 1. The lowest BCUT2D eigenvalue weighted by atomic mass is 10.1. The third-order valence-electron chi connectivity index (χ3n) is 5.18. The number of ether oxygens (including phenoxy) is 1. The van der Waals surface area contributed by atoms with Crippen LogP contribution in [-0.2, 0) is 4.74 Å². The first-order valence-electron chi connectivity index (χ1n) is 9.55. The number of amides is 2. The number of H-pyrrole nitrogens is 1. The molecule has 2 amide bonds. The number of nitrogens with one attached hydrogen (secondary N) is 2. The topological polar surface area (TPSA) is 101 Å². The molecule has 29 heavy (non-hydrogen) atoms. The van der Waals surface area contributed by atoms with Gasteiger partial charge in [-0.3, -0.25) is 10.4 Å². The van der Waals surface area contributed by atoms with E-state index in [0.717, 1.165) is 22.5 Å². The summed E-state index contributed by atoms with van der Waals surface area (Å²) in [7, 11) is 1.65. The number of carbonyl (C=O) groups is 1. The van der Waals surface area contributed by atoms with Gasteiger partial charge in [0, 0.05) is 31.8 Å². The van der Waals surface area contributed by atoms with Crippen molar-refractivity contribution in [3.8, 4) is 5.69 Å². The van der Waals surface area contributed by atoms with E-state index in [2.05, 4.69) is 57.6 Å². The minimum absolute atomic E-state index is 0.0505. The summed E-state index contributed by atoms with van der Waals surface area (Å²) in [6.45, 7) is 6.56. The normalized spacial score (nSPS) is 19.0. The monoisotopic (exact) mass is 395 g/mol. The zero-order chi connectivity index (χ0) is 20.5. The molecule has 0 bridgehead atoms. The van der Waals surface area contributed by atoms with Gasteiger partial charge < -0.3 is 9.64 Å². The predicted octanol–water partition coefficient (Wildman–Crippen LogP) is 2.91. The van der Waals surface area contributed by atoms with E-state index in [4.69, 9.17) is 4.74 Å². The fourth-order valence-electron chi connectivity index (χ4n) is 3.88. The molecular weight excluding hydrogens is 370 g/mol. The molecule has 0 saturated carbocycles. The molecule has 2 atom stereocenters. The predicted molar refractivity (Wildman–Crippen MR) is 108 cm³/mol. The standard InChI is InChI=1S/C20H25N7O2/c1-12-5-13(2)7-15(6-12)27-14(3)8-18(25-27)23-20(28)26-10-16(29-4)9-17(26)19-21-11-22-24-19/h5-8,11,16-17H,9-10H2,1-4H3,(H,21,22,24)(H,23,25,28)/t16-,17+/m1/s1. The zero-order valence-corrected chi connectivity index (χ0v) is 17.0. The van der Waals surface area contributed by atoms with Crippen LogP contribution in [0.5, 0.6) is 0 Å². The molecule has 1 fully saturated rings. The van der Waals surface area contributed by atoms with E-state index in [0.29, 0.717) is 24.6 Å². The van der Waals surface area contributed by atoms with Crippen LogP contribution in [0, 0.1) is 20.8 Å². The van der Waals surface area contributed by atoms with Crippen molar-refractivity contribution in [3.63, 3.8) is 0 Å². The summed E-state index contributed by atoms with van der Waals surface area (Å²) in [6, 6.07) is 7.67. The zero-order valence-electron chi connectivity index (χ0n) is 17.0. The van der Waals surface area contributed by atoms with Gasteiger partial charge >= 0.3 is 6.03 Å². The SMILES string of the molecule is CO[C@@H]1C[C@@H](c2ncn[nH]2)N(C(=O)Nc2cc(C)n(-c3cc(C)cc(C)c3)n2)C1. The van der Waals surface area contributed by atoms with E-state index >= 15 is 0 Å². The van der Waals surface area contributed by atoms with Crippen LogP contribution in [0.4, 0.5) is 10.6 Å². The van der Waals surface area contributed by atoms with Crippen molar-refractivity contribution >= 4 is 11.8 Å². The number of aromatic nitrogens is 5. The maximum absolute atomic E-state index is 13.0. The number of carbonyl (C=O) groups excluding carboxylic acids is 1. The molecule has 3 aromatic rings. The summed E-state index contributed by atoms with van der Waals surface area (Å²) >= 11 is 0. The van der Waals surface area contributed by atoms with Gasteiger partial charge in [-0.05, 0) is 44.0 Å². The second-order valence-corrected chi connectivity index (χ2v) is 7.49. The molecule has 0 aliphatic carbocycles. The van der Waals surface area contributed by atoms with Crippen LogP contribution in [0.2, 0.25) is 0 Å². The van der Waals surface area contributed by atoms with E-state index in [1.54, 1.807) is 12.0 Å². The van der Waals surface area contributed by atoms with Gasteiger partial charge in [0.2, 0.25) is 0 Å². The molecule has 1 saturated heterocycles. The summed E-state index contributed by atoms with van der Waals surface area (Å²) in [5, 5.41) is 14.3. The van der Waals surface area contributed by atoms with Crippen LogP contribution >= 0.6 is 0 Å². The lowest BCUT2D eigenvalue weighted by Gasteiger charge is -2.22. The molecule has 152 valence electrons. The number of anilines is 1. The van der Waals surface area contributed by atoms with Crippen molar-refractivity contribution in [2.24, 2.45) is 0 Å². The minimum Gasteiger partial charge on any atom is -0.380 e. The van der Waals surface area contributed by atoms with Crippen molar-refractivity contribution < 1.29 is 9.53 Å². The Morgan fingerprint density at radius 1 is 1.21 bits per heavy atom. The van der Waals surface area contributed by atoms with Crippen molar-refractivity contribution in [1.29, 1.82) is 0 Å². The van der Waals surface area contributed by atoms with Crippen LogP contribution in [0.3, 0.4) is 0 Å². The van der Waals surface area contributed by atoms with Crippen molar-refractivity contribution in [3.05, 3.63) is 53.2 Å². The van der Waals surface area contributed by atoms with E-state index in [-0.39, 0.29) is 18.2 Å². The number of aryl methyl sites for hydroxylation is 3. The number of hydrogen-bond donors (Lipinski definition) is 2. The number of nitrogens with zero attached hydrogens (tertiary/aromatic N) is 5. The maximum atomic E-state index is 13.0. The molecule has 3 heterocycles. The average Bonchev–Trinajstić information content (AvgIpc) is 3.39. The highest BCUT2D eigenvalue weighted by Crippen LogP contribution is 2.31. The number of hydrogen-bond acceptors (Lipinski definition) is 5. The summed E-state index contributed by atoms with van der Waals surface area (Å²) in [4.78, 5) is 18.9. The molecule has 1 aliphatic rings. The largest absolute Gasteiger partial charge is 0.380 e. The van der Waals surface area contributed by atoms with Crippen molar-refractivity contribution in [2.75, 3.05) is 19.0 Å². The first-order valence-corrected chi connectivity index (χ1v) is 9.55. The molecule has 0 radical (unpaired) electrons. The van der Waals surface area contributed by atoms with Gasteiger partial charge in [-0.2, -0.15) is 5.10 Å². The Morgan fingerprint density at radius 3 is 2.62 bits per heavy atom. The molecule has 2 aromatic heterocycles. The lowest BCUT2D eigenvalue weighted by molar-refractivity contribution is 0.111. The van der Waals surface area contributed by atoms with Gasteiger partial charge in [0.05, 0.1) is 17.8 Å². The molecule has 0 spiro atoms. The average molecular weight is 395 g/mol. The second kappa shape index (κ2) is 7.67. The van der Waals surface area contributed by atoms with Gasteiger partial charge in [-0.1, -0.05) is 6.07 Å². The Labute approximate surface area is 169 Å². The van der Waals surface area contributed by atoms with Gasteiger partial charge in [0.15, 0.2) is 5.82 Å². The third kappa shape index (κ3) is 3.86. The first kappa shape index (κ1) is 19.1. The summed E-state index contributed by atoms with van der Waals surface area (Å²) in [6.07, 6.45) is 2.06. The first-order chi connectivity index (χ1) is 13.9. The highest BCUT2D eigenvalue weighted by atomic mass is 16.5. The highest BCUT2D eigenvalue weighted by Gasteiger charge is 2.38. The van der Waals surface area contributed by atoms with Crippen LogP contribution in [0.15, 0.2) is 30.6 Å². The van der Waals surface area contributed by atoms with Gasteiger partial charge in [-0.15, -0.1) is 5.10 Å². The molecule has 1 aliphatic heterocycles. The number of urea groups is 1. The van der Waals surface area contributed by atoms with E-state index in [1.165, 1.54) is 6.33 Å². The van der Waals surface area contributed by atoms with Crippen LogP contribution in [-0.4, -0.2) is 55.7 Å². The molecular formula is C20H25N7O2. The van der Waals surface area contributed by atoms with E-state index in [9.17, 15) is 4.79 Å². The van der Waals surface area contributed by atoms with Crippen molar-refractivity contribution in [1.82, 2.24) is 29.9 Å². The van der Waals surface area contributed by atoms with Gasteiger partial charge in [-0.25, -0.2) is 14.5 Å². The van der Waals surface area contributed by atoms with E-state index in [1.807, 2.05) is 17.7 Å². The fraction of sp³-hybridized carbons (Fsp3) is 0.400. The Morgan fingerprint density at radius 2 is 1.97 bits per heavy atom. The molecule has 0 unspecified atom stereocenters. The molecule has 1 aromatic carbocycles. The second-order valence-electron chi connectivity index (χ2n) is 7.49. The third-order valence-corrected chi connectivity index (χ3v) is 5.18. The Bertz CT molecular complexity index is 992. The highest BCUT2D eigenvalue weighted by molar-refractivity contribution is 5.89. The molecule has 9 heteroatoms. The number of likely N-dealkylation sites (tertiary alicyclic amines) is 1. The smallest absolute Gasteiger partial charge is 0.323 e. The molecule has 9 nitrogen and oxygen atoms in total. The summed E-state index contributed by atoms with van der Waals surface area (Å²) in [5.74, 6) is 1.15. The Hall–Kier alpha value is -3.20. The lowest BCUT2D eigenvalue weighted by Crippen LogP contribution is -2.36. The molecule has 4 rings (SSSR count).